The zero-order valence-electron chi connectivity index (χ0n) is 14.4. The summed E-state index contributed by atoms with van der Waals surface area (Å²) in [5.41, 5.74) is 3.18. The Morgan fingerprint density at radius 3 is 2.45 bits per heavy atom. The number of likely N-dealkylation sites (tertiary alicyclic amines) is 1. The van der Waals surface area contributed by atoms with Crippen molar-refractivity contribution >= 4 is 5.97 Å². The van der Waals surface area contributed by atoms with Gasteiger partial charge in [-0.1, -0.05) is 33.3 Å². The Bertz CT molecular complexity index is 511. The lowest BCUT2D eigenvalue weighted by Gasteiger charge is -2.26. The molecule has 3 heteroatoms. The summed E-state index contributed by atoms with van der Waals surface area (Å²) >= 11 is 0. The van der Waals surface area contributed by atoms with E-state index in [2.05, 4.69) is 38.7 Å². The highest BCUT2D eigenvalue weighted by molar-refractivity contribution is 5.89. The number of esters is 1. The van der Waals surface area contributed by atoms with Gasteiger partial charge in [0.1, 0.15) is 6.61 Å². The second-order valence-corrected chi connectivity index (χ2v) is 7.32. The predicted molar refractivity (Wildman–Crippen MR) is 90.5 cm³/mol. The van der Waals surface area contributed by atoms with Crippen molar-refractivity contribution in [2.45, 2.75) is 52.4 Å². The Morgan fingerprint density at radius 2 is 1.86 bits per heavy atom. The lowest BCUT2D eigenvalue weighted by atomic mass is 9.83. The maximum atomic E-state index is 12.2. The molecule has 0 bridgehead atoms. The summed E-state index contributed by atoms with van der Waals surface area (Å²) < 4.78 is 5.43. The normalized spacial score (nSPS) is 16.5. The number of aryl methyl sites for hydroxylation is 1. The van der Waals surface area contributed by atoms with E-state index in [1.165, 1.54) is 24.8 Å². The molecular weight excluding hydrogens is 274 g/mol. The van der Waals surface area contributed by atoms with E-state index >= 15 is 0 Å². The number of carbonyl (C=O) groups is 1. The van der Waals surface area contributed by atoms with Crippen molar-refractivity contribution in [2.24, 2.45) is 0 Å². The summed E-state index contributed by atoms with van der Waals surface area (Å²) in [6, 6.07) is 5.89. The van der Waals surface area contributed by atoms with Crippen molar-refractivity contribution in [2.75, 3.05) is 26.2 Å². The molecule has 1 fully saturated rings. The van der Waals surface area contributed by atoms with E-state index < -0.39 is 0 Å². The molecule has 1 heterocycles. The van der Waals surface area contributed by atoms with Crippen molar-refractivity contribution in [3.05, 3.63) is 34.9 Å². The van der Waals surface area contributed by atoms with E-state index in [9.17, 15) is 4.79 Å². The van der Waals surface area contributed by atoms with Crippen LogP contribution in [-0.4, -0.2) is 37.1 Å². The fourth-order valence-corrected chi connectivity index (χ4v) is 3.17. The quantitative estimate of drug-likeness (QED) is 0.789. The minimum absolute atomic E-state index is 0.0980. The highest BCUT2D eigenvalue weighted by atomic mass is 16.5. The monoisotopic (exact) mass is 303 g/mol. The lowest BCUT2D eigenvalue weighted by molar-refractivity contribution is 0.0452. The molecule has 0 radical (unpaired) electrons. The van der Waals surface area contributed by atoms with Gasteiger partial charge in [-0.25, -0.2) is 4.79 Å². The fraction of sp³-hybridized carbons (Fsp3) is 0.632. The van der Waals surface area contributed by atoms with Crippen LogP contribution in [0.25, 0.3) is 0 Å². The Labute approximate surface area is 134 Å². The van der Waals surface area contributed by atoms with Crippen molar-refractivity contribution in [1.29, 1.82) is 0 Å². The molecule has 22 heavy (non-hydrogen) atoms. The summed E-state index contributed by atoms with van der Waals surface area (Å²) in [6.45, 7) is 12.2. The minimum Gasteiger partial charge on any atom is -0.461 e. The third-order valence-electron chi connectivity index (χ3n) is 4.36. The van der Waals surface area contributed by atoms with Crippen molar-refractivity contribution in [3.63, 3.8) is 0 Å². The van der Waals surface area contributed by atoms with Gasteiger partial charge in [0.05, 0.1) is 5.56 Å². The van der Waals surface area contributed by atoms with Gasteiger partial charge in [-0.05, 0) is 61.5 Å². The molecule has 0 saturated carbocycles. The van der Waals surface area contributed by atoms with E-state index in [-0.39, 0.29) is 11.4 Å². The first kappa shape index (κ1) is 17.0. The molecule has 0 aliphatic carbocycles. The maximum absolute atomic E-state index is 12.2. The first-order chi connectivity index (χ1) is 10.4. The third kappa shape index (κ3) is 4.57. The van der Waals surface area contributed by atoms with Crippen LogP contribution in [0.15, 0.2) is 18.2 Å². The topological polar surface area (TPSA) is 29.5 Å². The Balaban J connectivity index is 1.88. The molecule has 1 aliphatic heterocycles. The molecule has 0 atom stereocenters. The van der Waals surface area contributed by atoms with Gasteiger partial charge < -0.3 is 4.74 Å². The number of carbonyl (C=O) groups excluding carboxylic acids is 1. The van der Waals surface area contributed by atoms with Crippen molar-refractivity contribution in [3.8, 4) is 0 Å². The lowest BCUT2D eigenvalue weighted by Crippen LogP contribution is -2.33. The van der Waals surface area contributed by atoms with Crippen LogP contribution < -0.4 is 0 Å². The van der Waals surface area contributed by atoms with Crippen LogP contribution in [0.2, 0.25) is 0 Å². The zero-order valence-corrected chi connectivity index (χ0v) is 14.4. The largest absolute Gasteiger partial charge is 0.461 e. The number of nitrogens with zero attached hydrogens (tertiary/aromatic N) is 1. The second-order valence-electron chi connectivity index (χ2n) is 7.32. The Hall–Kier alpha value is -1.35. The van der Waals surface area contributed by atoms with Crippen LogP contribution in [-0.2, 0) is 10.2 Å². The minimum atomic E-state index is -0.208. The zero-order chi connectivity index (χ0) is 16.2. The summed E-state index contributed by atoms with van der Waals surface area (Å²) in [5.74, 6) is -0.208. The van der Waals surface area contributed by atoms with Crippen LogP contribution in [0.1, 0.15) is 61.5 Å². The highest BCUT2D eigenvalue weighted by Gasteiger charge is 2.18. The molecular formula is C19H29NO2. The average Bonchev–Trinajstić information content (AvgIpc) is 2.46. The van der Waals surface area contributed by atoms with Gasteiger partial charge >= 0.3 is 5.97 Å². The summed E-state index contributed by atoms with van der Waals surface area (Å²) in [4.78, 5) is 14.5. The van der Waals surface area contributed by atoms with Gasteiger partial charge in [0, 0.05) is 6.54 Å². The first-order valence-corrected chi connectivity index (χ1v) is 8.38. The smallest absolute Gasteiger partial charge is 0.338 e. The van der Waals surface area contributed by atoms with Crippen LogP contribution in [0.3, 0.4) is 0 Å². The summed E-state index contributed by atoms with van der Waals surface area (Å²) in [5, 5.41) is 0. The average molecular weight is 303 g/mol. The molecule has 0 N–H and O–H groups in total. The van der Waals surface area contributed by atoms with Gasteiger partial charge in [-0.15, -0.1) is 0 Å². The van der Waals surface area contributed by atoms with Crippen LogP contribution >= 0.6 is 0 Å². The predicted octanol–water partition coefficient (Wildman–Crippen LogP) is 3.94. The molecule has 1 saturated heterocycles. The van der Waals surface area contributed by atoms with E-state index in [1.54, 1.807) is 0 Å². The fourth-order valence-electron chi connectivity index (χ4n) is 3.17. The number of ether oxygens (including phenoxy) is 1. The maximum Gasteiger partial charge on any atom is 0.338 e. The number of hydrogen-bond acceptors (Lipinski definition) is 3. The summed E-state index contributed by atoms with van der Waals surface area (Å²) in [7, 11) is 0. The second kappa shape index (κ2) is 7.28. The number of piperidine rings is 1. The molecule has 1 aromatic carbocycles. The molecule has 0 spiro atoms. The summed E-state index contributed by atoms with van der Waals surface area (Å²) in [6.07, 6.45) is 3.86. The van der Waals surface area contributed by atoms with Gasteiger partial charge in [-0.2, -0.15) is 0 Å². The third-order valence-corrected chi connectivity index (χ3v) is 4.36. The molecule has 3 nitrogen and oxygen atoms in total. The first-order valence-electron chi connectivity index (χ1n) is 8.38. The van der Waals surface area contributed by atoms with Crippen molar-refractivity contribution < 1.29 is 9.53 Å². The van der Waals surface area contributed by atoms with E-state index in [0.717, 1.165) is 25.2 Å². The van der Waals surface area contributed by atoms with Crippen molar-refractivity contribution in [1.82, 2.24) is 4.90 Å². The molecule has 0 aromatic heterocycles. The molecule has 122 valence electrons. The Morgan fingerprint density at radius 1 is 1.18 bits per heavy atom. The molecule has 0 amide bonds. The van der Waals surface area contributed by atoms with E-state index in [0.29, 0.717) is 12.2 Å². The molecule has 0 unspecified atom stereocenters. The molecule has 1 aliphatic rings. The Kier molecular flexibility index (Phi) is 5.63. The van der Waals surface area contributed by atoms with Crippen LogP contribution in [0.4, 0.5) is 0 Å². The van der Waals surface area contributed by atoms with Gasteiger partial charge in [-0.3, -0.25) is 4.90 Å². The van der Waals surface area contributed by atoms with Crippen LogP contribution in [0, 0.1) is 6.92 Å². The molecule has 2 rings (SSSR count). The highest BCUT2D eigenvalue weighted by Crippen LogP contribution is 2.26. The van der Waals surface area contributed by atoms with Crippen LogP contribution in [0.5, 0.6) is 0 Å². The van der Waals surface area contributed by atoms with Gasteiger partial charge in [0.25, 0.3) is 0 Å². The SMILES string of the molecule is Cc1cc(C(=O)OCCN2CCCCC2)ccc1C(C)(C)C. The standard InChI is InChI=1S/C19H29NO2/c1-15-14-16(8-9-17(15)19(2,3)4)18(21)22-13-12-20-10-6-5-7-11-20/h8-9,14H,5-7,10-13H2,1-4H3. The number of benzene rings is 1. The number of hydrogen-bond donors (Lipinski definition) is 0. The van der Waals surface area contributed by atoms with Gasteiger partial charge in [0.2, 0.25) is 0 Å². The molecule has 1 aromatic rings. The number of rotatable bonds is 4. The van der Waals surface area contributed by atoms with E-state index in [4.69, 9.17) is 4.74 Å². The van der Waals surface area contributed by atoms with Gasteiger partial charge in [0.15, 0.2) is 0 Å². The van der Waals surface area contributed by atoms with E-state index in [1.807, 2.05) is 12.1 Å².